The van der Waals surface area contributed by atoms with Gasteiger partial charge >= 0.3 is 0 Å². The Morgan fingerprint density at radius 3 is 3.00 bits per heavy atom. The van der Waals surface area contributed by atoms with Gasteiger partial charge in [-0.1, -0.05) is 13.3 Å². The first-order chi connectivity index (χ1) is 7.86. The molecule has 92 valence electrons. The summed E-state index contributed by atoms with van der Waals surface area (Å²) in [5, 5.41) is 3.26. The first-order valence-electron chi connectivity index (χ1n) is 6.00. The normalized spacial score (nSPS) is 10.9. The number of aromatic nitrogens is 1. The zero-order valence-electron chi connectivity index (χ0n) is 10.3. The summed E-state index contributed by atoms with van der Waals surface area (Å²) in [6.07, 6.45) is 6.05. The number of aryl methyl sites for hydroxylation is 1. The maximum absolute atomic E-state index is 5.61. The first-order valence-corrected chi connectivity index (χ1v) is 6.00. The fourth-order valence-electron chi connectivity index (χ4n) is 1.42. The lowest BCUT2D eigenvalue weighted by molar-refractivity contribution is 0.199. The van der Waals surface area contributed by atoms with E-state index in [1.807, 2.05) is 6.20 Å². The summed E-state index contributed by atoms with van der Waals surface area (Å²) >= 11 is 0. The molecule has 0 aliphatic heterocycles. The molecule has 16 heavy (non-hydrogen) atoms. The quantitative estimate of drug-likeness (QED) is 0.652. The van der Waals surface area contributed by atoms with Crippen molar-refractivity contribution in [3.8, 4) is 0 Å². The molecule has 1 N–H and O–H groups in total. The van der Waals surface area contributed by atoms with Gasteiger partial charge in [-0.15, -0.1) is 0 Å². The van der Waals surface area contributed by atoms with Gasteiger partial charge < -0.3 is 14.5 Å². The lowest BCUT2D eigenvalue weighted by atomic mass is 10.2. The summed E-state index contributed by atoms with van der Waals surface area (Å²) in [6, 6.07) is 0. The highest BCUT2D eigenvalue weighted by atomic mass is 16.5. The predicted molar refractivity (Wildman–Crippen MR) is 63.6 cm³/mol. The Hall–Kier alpha value is -0.870. The molecule has 0 radical (unpaired) electrons. The summed E-state index contributed by atoms with van der Waals surface area (Å²) in [5.74, 6) is 1.84. The monoisotopic (exact) mass is 226 g/mol. The van der Waals surface area contributed by atoms with Gasteiger partial charge in [-0.25, -0.2) is 4.98 Å². The number of hydrogen-bond acceptors (Lipinski definition) is 4. The van der Waals surface area contributed by atoms with Gasteiger partial charge in [-0.2, -0.15) is 0 Å². The maximum Gasteiger partial charge on any atom is 0.195 e. The molecule has 4 heteroatoms. The molecule has 4 nitrogen and oxygen atoms in total. The fourth-order valence-corrected chi connectivity index (χ4v) is 1.42. The van der Waals surface area contributed by atoms with Crippen molar-refractivity contribution >= 4 is 0 Å². The topological polar surface area (TPSA) is 47.3 Å². The van der Waals surface area contributed by atoms with Crippen molar-refractivity contribution in [3.63, 3.8) is 0 Å². The van der Waals surface area contributed by atoms with E-state index in [9.17, 15) is 0 Å². The van der Waals surface area contributed by atoms with Crippen LogP contribution in [-0.4, -0.2) is 31.8 Å². The largest absolute Gasteiger partial charge is 0.446 e. The smallest absolute Gasteiger partial charge is 0.195 e. The molecule has 0 spiro atoms. The highest BCUT2D eigenvalue weighted by Crippen LogP contribution is 2.07. The molecule has 0 saturated heterocycles. The van der Waals surface area contributed by atoms with Crippen molar-refractivity contribution in [3.05, 3.63) is 17.8 Å². The molecular weight excluding hydrogens is 204 g/mol. The molecule has 1 rings (SSSR count). The van der Waals surface area contributed by atoms with Crippen LogP contribution in [0, 0.1) is 0 Å². The molecule has 1 aromatic heterocycles. The summed E-state index contributed by atoms with van der Waals surface area (Å²) in [6.45, 7) is 4.68. The van der Waals surface area contributed by atoms with Crippen molar-refractivity contribution in [2.45, 2.75) is 32.6 Å². The van der Waals surface area contributed by atoms with Gasteiger partial charge in [0.2, 0.25) is 0 Å². The van der Waals surface area contributed by atoms with Crippen LogP contribution < -0.4 is 5.32 Å². The molecule has 0 aliphatic rings. The Balaban J connectivity index is 2.14. The Labute approximate surface area is 97.4 Å². The number of hydrogen-bond donors (Lipinski definition) is 1. The zero-order chi connectivity index (χ0) is 11.6. The Kier molecular flexibility index (Phi) is 6.85. The average molecular weight is 226 g/mol. The molecule has 1 heterocycles. The summed E-state index contributed by atoms with van der Waals surface area (Å²) < 4.78 is 10.6. The fraction of sp³-hybridized carbons (Fsp3) is 0.750. The lowest BCUT2D eigenvalue weighted by Gasteiger charge is -2.01. The SMILES string of the molecule is CCCCc1cnc(CCNCCOC)o1. The lowest BCUT2D eigenvalue weighted by Crippen LogP contribution is -2.21. The minimum Gasteiger partial charge on any atom is -0.446 e. The number of methoxy groups -OCH3 is 1. The van der Waals surface area contributed by atoms with Crippen LogP contribution in [0.2, 0.25) is 0 Å². The van der Waals surface area contributed by atoms with Crippen molar-refractivity contribution in [1.29, 1.82) is 0 Å². The van der Waals surface area contributed by atoms with Gasteiger partial charge in [0.05, 0.1) is 12.8 Å². The van der Waals surface area contributed by atoms with Crippen molar-refractivity contribution < 1.29 is 9.15 Å². The molecule has 0 fully saturated rings. The van der Waals surface area contributed by atoms with E-state index in [4.69, 9.17) is 9.15 Å². The van der Waals surface area contributed by atoms with Crippen molar-refractivity contribution in [2.24, 2.45) is 0 Å². The number of nitrogens with zero attached hydrogens (tertiary/aromatic N) is 1. The molecule has 0 aliphatic carbocycles. The van der Waals surface area contributed by atoms with Crippen LogP contribution in [0.4, 0.5) is 0 Å². The Morgan fingerprint density at radius 1 is 1.38 bits per heavy atom. The predicted octanol–water partition coefficient (Wildman–Crippen LogP) is 1.80. The van der Waals surface area contributed by atoms with E-state index in [1.165, 1.54) is 12.8 Å². The minimum atomic E-state index is 0.743. The second-order valence-electron chi connectivity index (χ2n) is 3.82. The van der Waals surface area contributed by atoms with Crippen LogP contribution in [0.5, 0.6) is 0 Å². The zero-order valence-corrected chi connectivity index (χ0v) is 10.3. The molecule has 0 saturated carbocycles. The minimum absolute atomic E-state index is 0.743. The molecular formula is C12H22N2O2. The average Bonchev–Trinajstić information content (AvgIpc) is 2.74. The van der Waals surface area contributed by atoms with Crippen LogP contribution in [0.25, 0.3) is 0 Å². The van der Waals surface area contributed by atoms with E-state index in [0.29, 0.717) is 0 Å². The molecule has 0 aromatic carbocycles. The number of unbranched alkanes of at least 4 members (excludes halogenated alkanes) is 1. The van der Waals surface area contributed by atoms with E-state index < -0.39 is 0 Å². The molecule has 1 aromatic rings. The number of nitrogens with one attached hydrogen (secondary N) is 1. The number of rotatable bonds is 9. The number of ether oxygens (including phenoxy) is 1. The van der Waals surface area contributed by atoms with Crippen molar-refractivity contribution in [1.82, 2.24) is 10.3 Å². The van der Waals surface area contributed by atoms with E-state index in [1.54, 1.807) is 7.11 Å². The highest BCUT2D eigenvalue weighted by Gasteiger charge is 2.02. The standard InChI is InChI=1S/C12H22N2O2/c1-3-4-5-11-10-14-12(16-11)6-7-13-8-9-15-2/h10,13H,3-9H2,1-2H3. The molecule has 0 atom stereocenters. The van der Waals surface area contributed by atoms with Gasteiger partial charge in [0.25, 0.3) is 0 Å². The van der Waals surface area contributed by atoms with Crippen LogP contribution in [-0.2, 0) is 17.6 Å². The third kappa shape index (κ3) is 5.28. The second kappa shape index (κ2) is 8.30. The van der Waals surface area contributed by atoms with Gasteiger partial charge in [0.15, 0.2) is 5.89 Å². The van der Waals surface area contributed by atoms with Gasteiger partial charge in [-0.3, -0.25) is 0 Å². The second-order valence-corrected chi connectivity index (χ2v) is 3.82. The summed E-state index contributed by atoms with van der Waals surface area (Å²) in [7, 11) is 1.70. The first kappa shape index (κ1) is 13.2. The van der Waals surface area contributed by atoms with Gasteiger partial charge in [-0.05, 0) is 6.42 Å². The molecule has 0 bridgehead atoms. The highest BCUT2D eigenvalue weighted by molar-refractivity contribution is 4.94. The third-order valence-corrected chi connectivity index (χ3v) is 2.38. The Morgan fingerprint density at radius 2 is 2.25 bits per heavy atom. The van der Waals surface area contributed by atoms with Crippen molar-refractivity contribution in [2.75, 3.05) is 26.8 Å². The number of oxazole rings is 1. The van der Waals surface area contributed by atoms with E-state index >= 15 is 0 Å². The Bertz CT molecular complexity index is 274. The van der Waals surface area contributed by atoms with E-state index in [-0.39, 0.29) is 0 Å². The molecule has 0 amide bonds. The maximum atomic E-state index is 5.61. The van der Waals surface area contributed by atoms with E-state index in [0.717, 1.165) is 44.2 Å². The molecule has 0 unspecified atom stereocenters. The van der Waals surface area contributed by atoms with Crippen LogP contribution in [0.1, 0.15) is 31.4 Å². The van der Waals surface area contributed by atoms with Crippen LogP contribution in [0.3, 0.4) is 0 Å². The van der Waals surface area contributed by atoms with E-state index in [2.05, 4.69) is 17.2 Å². The summed E-state index contributed by atoms with van der Waals surface area (Å²) in [5.41, 5.74) is 0. The third-order valence-electron chi connectivity index (χ3n) is 2.38. The van der Waals surface area contributed by atoms with Crippen LogP contribution >= 0.6 is 0 Å². The van der Waals surface area contributed by atoms with Gasteiger partial charge in [0, 0.05) is 33.0 Å². The van der Waals surface area contributed by atoms with Crippen LogP contribution in [0.15, 0.2) is 10.6 Å². The van der Waals surface area contributed by atoms with Gasteiger partial charge in [0.1, 0.15) is 5.76 Å². The summed E-state index contributed by atoms with van der Waals surface area (Å²) in [4.78, 5) is 4.25.